The van der Waals surface area contributed by atoms with Gasteiger partial charge in [0, 0.05) is 11.9 Å². The van der Waals surface area contributed by atoms with E-state index < -0.39 is 0 Å². The van der Waals surface area contributed by atoms with Gasteiger partial charge in [-0.15, -0.1) is 0 Å². The molecule has 0 saturated carbocycles. The van der Waals surface area contributed by atoms with Gasteiger partial charge < -0.3 is 4.40 Å². The lowest BCUT2D eigenvalue weighted by atomic mass is 10.3. The van der Waals surface area contributed by atoms with Gasteiger partial charge in [0.15, 0.2) is 11.5 Å². The fourth-order valence-electron chi connectivity index (χ4n) is 1.46. The molecule has 0 unspecified atom stereocenters. The van der Waals surface area contributed by atoms with Gasteiger partial charge in [0.2, 0.25) is 0 Å². The van der Waals surface area contributed by atoms with E-state index in [0.29, 0.717) is 5.65 Å². The summed E-state index contributed by atoms with van der Waals surface area (Å²) in [6.45, 7) is 5.70. The first kappa shape index (κ1) is 8.23. The Morgan fingerprint density at radius 3 is 2.69 bits per heavy atom. The maximum Gasteiger partial charge on any atom is 0.173 e. The number of aromatic nitrogens is 2. The number of fused-ring (bicyclic) bond motifs is 1. The van der Waals surface area contributed by atoms with Crippen molar-refractivity contribution < 1.29 is 4.39 Å². The molecule has 68 valence electrons. The second-order valence-corrected chi connectivity index (χ2v) is 3.34. The highest BCUT2D eigenvalue weighted by atomic mass is 19.1. The highest BCUT2D eigenvalue weighted by Crippen LogP contribution is 2.15. The van der Waals surface area contributed by atoms with Crippen molar-refractivity contribution >= 4 is 5.65 Å². The minimum absolute atomic E-state index is 0.254. The average molecular weight is 178 g/mol. The van der Waals surface area contributed by atoms with E-state index in [-0.39, 0.29) is 5.82 Å². The van der Waals surface area contributed by atoms with E-state index in [1.165, 1.54) is 6.07 Å². The topological polar surface area (TPSA) is 17.3 Å². The van der Waals surface area contributed by atoms with E-state index in [0.717, 1.165) is 17.0 Å². The number of aryl methyl sites for hydroxylation is 3. The van der Waals surface area contributed by atoms with Crippen LogP contribution in [0.1, 0.15) is 17.0 Å². The van der Waals surface area contributed by atoms with Gasteiger partial charge in [-0.05, 0) is 32.4 Å². The molecule has 0 amide bonds. The Hall–Kier alpha value is -1.38. The predicted octanol–water partition coefficient (Wildman–Crippen LogP) is 2.40. The van der Waals surface area contributed by atoms with Crippen molar-refractivity contribution in [2.75, 3.05) is 0 Å². The third kappa shape index (κ3) is 1.11. The standard InChI is InChI=1S/C10H11FN2/c1-6-4-9(11)10-12-7(2)8(3)13(10)5-6/h4-5H,1-3H3. The molecule has 0 bridgehead atoms. The molecule has 0 aliphatic carbocycles. The molecular weight excluding hydrogens is 167 g/mol. The van der Waals surface area contributed by atoms with Crippen LogP contribution in [0.2, 0.25) is 0 Å². The van der Waals surface area contributed by atoms with Gasteiger partial charge in [0.1, 0.15) is 0 Å². The van der Waals surface area contributed by atoms with E-state index in [9.17, 15) is 4.39 Å². The van der Waals surface area contributed by atoms with Crippen molar-refractivity contribution in [3.05, 3.63) is 35.0 Å². The quantitative estimate of drug-likeness (QED) is 0.605. The molecule has 0 N–H and O–H groups in total. The molecule has 0 aromatic carbocycles. The molecule has 2 nitrogen and oxygen atoms in total. The molecule has 2 heterocycles. The second kappa shape index (κ2) is 2.55. The summed E-state index contributed by atoms with van der Waals surface area (Å²) in [5, 5.41) is 0. The number of imidazole rings is 1. The van der Waals surface area contributed by atoms with Crippen LogP contribution in [-0.4, -0.2) is 9.38 Å². The lowest BCUT2D eigenvalue weighted by molar-refractivity contribution is 0.628. The van der Waals surface area contributed by atoms with Crippen LogP contribution >= 0.6 is 0 Å². The van der Waals surface area contributed by atoms with Crippen LogP contribution in [0.3, 0.4) is 0 Å². The van der Waals surface area contributed by atoms with Crippen LogP contribution in [0, 0.1) is 26.6 Å². The van der Waals surface area contributed by atoms with Crippen LogP contribution in [0.4, 0.5) is 4.39 Å². The van der Waals surface area contributed by atoms with Gasteiger partial charge in [-0.1, -0.05) is 0 Å². The molecule has 0 saturated heterocycles. The van der Waals surface area contributed by atoms with Crippen molar-refractivity contribution in [3.63, 3.8) is 0 Å². The Morgan fingerprint density at radius 1 is 1.31 bits per heavy atom. The Morgan fingerprint density at radius 2 is 2.00 bits per heavy atom. The SMILES string of the molecule is Cc1cc(F)c2nc(C)c(C)n2c1. The van der Waals surface area contributed by atoms with E-state index in [1.807, 2.05) is 27.0 Å². The first-order valence-corrected chi connectivity index (χ1v) is 4.21. The first-order chi connectivity index (χ1) is 6.09. The number of hydrogen-bond acceptors (Lipinski definition) is 1. The maximum absolute atomic E-state index is 13.4. The summed E-state index contributed by atoms with van der Waals surface area (Å²) < 4.78 is 15.1. The van der Waals surface area contributed by atoms with E-state index in [2.05, 4.69) is 4.98 Å². The van der Waals surface area contributed by atoms with Crippen molar-refractivity contribution in [2.24, 2.45) is 0 Å². The van der Waals surface area contributed by atoms with Gasteiger partial charge in [-0.2, -0.15) is 0 Å². The van der Waals surface area contributed by atoms with Crippen molar-refractivity contribution in [3.8, 4) is 0 Å². The molecule has 0 aliphatic heterocycles. The van der Waals surface area contributed by atoms with Gasteiger partial charge >= 0.3 is 0 Å². The smallest absolute Gasteiger partial charge is 0.173 e. The summed E-state index contributed by atoms with van der Waals surface area (Å²) in [6.07, 6.45) is 1.90. The zero-order valence-corrected chi connectivity index (χ0v) is 7.93. The Bertz CT molecular complexity index is 471. The van der Waals surface area contributed by atoms with Crippen molar-refractivity contribution in [1.82, 2.24) is 9.38 Å². The van der Waals surface area contributed by atoms with Gasteiger partial charge in [-0.25, -0.2) is 9.37 Å². The zero-order chi connectivity index (χ0) is 9.59. The fraction of sp³-hybridized carbons (Fsp3) is 0.300. The summed E-state index contributed by atoms with van der Waals surface area (Å²) in [7, 11) is 0. The van der Waals surface area contributed by atoms with Crippen LogP contribution in [0.5, 0.6) is 0 Å². The van der Waals surface area contributed by atoms with Crippen molar-refractivity contribution in [1.29, 1.82) is 0 Å². The molecule has 13 heavy (non-hydrogen) atoms. The fourth-order valence-corrected chi connectivity index (χ4v) is 1.46. The number of pyridine rings is 1. The summed E-state index contributed by atoms with van der Waals surface area (Å²) in [4.78, 5) is 4.14. The number of nitrogens with zero attached hydrogens (tertiary/aromatic N) is 2. The summed E-state index contributed by atoms with van der Waals surface area (Å²) >= 11 is 0. The number of halogens is 1. The lowest BCUT2D eigenvalue weighted by Gasteiger charge is -1.99. The maximum atomic E-state index is 13.4. The monoisotopic (exact) mass is 178 g/mol. The average Bonchev–Trinajstić information content (AvgIpc) is 2.32. The second-order valence-electron chi connectivity index (χ2n) is 3.34. The molecule has 0 fully saturated rings. The summed E-state index contributed by atoms with van der Waals surface area (Å²) in [5.74, 6) is -0.254. The van der Waals surface area contributed by atoms with E-state index in [4.69, 9.17) is 0 Å². The largest absolute Gasteiger partial charge is 0.301 e. The normalized spacial score (nSPS) is 11.1. The Kier molecular flexibility index (Phi) is 1.62. The molecule has 3 heteroatoms. The highest BCUT2D eigenvalue weighted by molar-refractivity contribution is 5.45. The number of rotatable bonds is 0. The minimum atomic E-state index is -0.254. The molecule has 0 atom stereocenters. The minimum Gasteiger partial charge on any atom is -0.301 e. The van der Waals surface area contributed by atoms with Crippen LogP contribution in [-0.2, 0) is 0 Å². The molecule has 2 rings (SSSR count). The van der Waals surface area contributed by atoms with E-state index in [1.54, 1.807) is 4.40 Å². The van der Waals surface area contributed by atoms with Crippen LogP contribution in [0.25, 0.3) is 5.65 Å². The molecular formula is C10H11FN2. The van der Waals surface area contributed by atoms with Gasteiger partial charge in [0.05, 0.1) is 5.69 Å². The molecule has 0 aliphatic rings. The van der Waals surface area contributed by atoms with Crippen LogP contribution < -0.4 is 0 Å². The van der Waals surface area contributed by atoms with E-state index >= 15 is 0 Å². The Balaban J connectivity index is 2.94. The molecule has 0 radical (unpaired) electrons. The van der Waals surface area contributed by atoms with Crippen molar-refractivity contribution in [2.45, 2.75) is 20.8 Å². The van der Waals surface area contributed by atoms with Crippen LogP contribution in [0.15, 0.2) is 12.3 Å². The predicted molar refractivity (Wildman–Crippen MR) is 49.4 cm³/mol. The molecule has 2 aromatic heterocycles. The molecule has 2 aromatic rings. The summed E-state index contributed by atoms with van der Waals surface area (Å²) in [5.41, 5.74) is 3.20. The van der Waals surface area contributed by atoms with Gasteiger partial charge in [0.25, 0.3) is 0 Å². The lowest BCUT2D eigenvalue weighted by Crippen LogP contribution is -1.92. The molecule has 0 spiro atoms. The number of hydrogen-bond donors (Lipinski definition) is 0. The third-order valence-electron chi connectivity index (χ3n) is 2.29. The first-order valence-electron chi connectivity index (χ1n) is 4.21. The third-order valence-corrected chi connectivity index (χ3v) is 2.29. The zero-order valence-electron chi connectivity index (χ0n) is 7.93. The Labute approximate surface area is 76.0 Å². The van der Waals surface area contributed by atoms with Gasteiger partial charge in [-0.3, -0.25) is 0 Å². The highest BCUT2D eigenvalue weighted by Gasteiger charge is 2.08. The summed E-state index contributed by atoms with van der Waals surface area (Å²) in [6, 6.07) is 1.50.